The Balaban J connectivity index is 3.31. The molecule has 4 N–H and O–H groups in total. The van der Waals surface area contributed by atoms with Crippen molar-refractivity contribution < 1.29 is 47.5 Å². The van der Waals surface area contributed by atoms with Crippen LogP contribution < -0.4 is 5.09 Å². The van der Waals surface area contributed by atoms with Crippen molar-refractivity contribution in [3.05, 3.63) is 0 Å². The molecule has 11 nitrogen and oxygen atoms in total. The molecule has 176 valence electrons. The van der Waals surface area contributed by atoms with Gasteiger partial charge in [0, 0.05) is 19.8 Å². The van der Waals surface area contributed by atoms with Gasteiger partial charge < -0.3 is 38.4 Å². The van der Waals surface area contributed by atoms with E-state index in [1.807, 2.05) is 0 Å². The monoisotopic (exact) mass is 465 g/mol. The topological polar surface area (TPSA) is 153 Å². The maximum atomic E-state index is 11.6. The summed E-state index contributed by atoms with van der Waals surface area (Å²) in [6.45, 7) is 7.28. The first-order valence-corrected chi connectivity index (χ1v) is 13.3. The van der Waals surface area contributed by atoms with E-state index in [1.54, 1.807) is 13.8 Å². The van der Waals surface area contributed by atoms with Gasteiger partial charge >= 0.3 is 7.60 Å². The van der Waals surface area contributed by atoms with E-state index in [4.69, 9.17) is 28.4 Å². The second-order valence-corrected chi connectivity index (χ2v) is 11.2. The molecule has 0 aliphatic heterocycles. The normalized spacial score (nSPS) is 17.2. The molecular formula is C16H37NO10P2. The molecule has 13 heteroatoms. The third-order valence-electron chi connectivity index (χ3n) is 3.40. The first-order valence-electron chi connectivity index (χ1n) is 9.56. The molecule has 0 aliphatic rings. The van der Waals surface area contributed by atoms with Gasteiger partial charge in [0.25, 0.3) is 7.52 Å². The largest absolute Gasteiger partial charge is 0.388 e. The smallest absolute Gasteiger partial charge is 0.330 e. The van der Waals surface area contributed by atoms with Gasteiger partial charge in [-0.3, -0.25) is 9.13 Å². The molecule has 0 radical (unpaired) electrons. The second kappa shape index (κ2) is 16.8. The van der Waals surface area contributed by atoms with E-state index in [-0.39, 0.29) is 19.8 Å². The molecule has 0 heterocycles. The van der Waals surface area contributed by atoms with E-state index in [0.29, 0.717) is 52.6 Å². The lowest BCUT2D eigenvalue weighted by Gasteiger charge is -2.18. The molecule has 3 atom stereocenters. The Morgan fingerprint density at radius 3 is 1.79 bits per heavy atom. The van der Waals surface area contributed by atoms with Crippen LogP contribution in [0.2, 0.25) is 0 Å². The molecule has 0 aromatic rings. The average Bonchev–Trinajstić information content (AvgIpc) is 2.62. The van der Waals surface area contributed by atoms with Crippen molar-refractivity contribution in [3.63, 3.8) is 0 Å². The highest BCUT2D eigenvalue weighted by Gasteiger charge is 2.25. The minimum atomic E-state index is -3.68. The number of hydrogen-bond acceptors (Lipinski definition) is 8. The van der Waals surface area contributed by atoms with Gasteiger partial charge in [-0.1, -0.05) is 13.8 Å². The highest BCUT2D eigenvalue weighted by Crippen LogP contribution is 2.46. The zero-order valence-corrected chi connectivity index (χ0v) is 19.3. The summed E-state index contributed by atoms with van der Waals surface area (Å²) in [6, 6.07) is 0. The van der Waals surface area contributed by atoms with E-state index in [0.717, 1.165) is 0 Å². The lowest BCUT2D eigenvalue weighted by Crippen LogP contribution is -2.23. The van der Waals surface area contributed by atoms with Crippen LogP contribution in [0.4, 0.5) is 0 Å². The Hall–Kier alpha value is 0.1000. The van der Waals surface area contributed by atoms with Crippen molar-refractivity contribution in [1.29, 1.82) is 0 Å². The lowest BCUT2D eigenvalue weighted by atomic mass is 10.4. The van der Waals surface area contributed by atoms with E-state index in [2.05, 4.69) is 5.09 Å². The predicted molar refractivity (Wildman–Crippen MR) is 109 cm³/mol. The Bertz CT molecular complexity index is 488. The molecule has 0 aliphatic carbocycles. The second-order valence-electron chi connectivity index (χ2n) is 6.66. The van der Waals surface area contributed by atoms with Crippen LogP contribution in [0.5, 0.6) is 0 Å². The van der Waals surface area contributed by atoms with Gasteiger partial charge in [0.05, 0.1) is 58.5 Å². The van der Waals surface area contributed by atoms with Crippen LogP contribution in [0.1, 0.15) is 20.3 Å². The lowest BCUT2D eigenvalue weighted by molar-refractivity contribution is -0.0251. The molecule has 0 amide bonds. The molecular weight excluding hydrogens is 428 g/mol. The number of hydrogen-bond donors (Lipinski definition) is 4. The fourth-order valence-corrected chi connectivity index (χ4v) is 2.99. The van der Waals surface area contributed by atoms with Gasteiger partial charge in [-0.2, -0.15) is 0 Å². The standard InChI is InChI=1S/C16H37NO10P2/c1-15(2)29(21,22)27-14-16(18)13-26-12-11-25-10-9-24-8-7-23-6-4-5-17-28(3,19)20/h15-16,18H,4-14H2,1-3H3,(H,21,22)(H2,17,19,20). The molecule has 0 fully saturated rings. The third kappa shape index (κ3) is 19.8. The van der Waals surface area contributed by atoms with Gasteiger partial charge in [0.1, 0.15) is 6.10 Å². The Labute approximate surface area is 173 Å². The summed E-state index contributed by atoms with van der Waals surface area (Å²) in [5.74, 6) is 0. The summed E-state index contributed by atoms with van der Waals surface area (Å²) in [5, 5.41) is 12.2. The van der Waals surface area contributed by atoms with Crippen LogP contribution in [-0.4, -0.2) is 99.3 Å². The third-order valence-corrected chi connectivity index (χ3v) is 6.04. The molecule has 0 saturated heterocycles. The molecule has 0 bridgehead atoms. The van der Waals surface area contributed by atoms with Crippen LogP contribution in [0.3, 0.4) is 0 Å². The maximum absolute atomic E-state index is 11.6. The number of rotatable bonds is 20. The predicted octanol–water partition coefficient (Wildman–Crippen LogP) is 0.819. The highest BCUT2D eigenvalue weighted by atomic mass is 31.2. The minimum Gasteiger partial charge on any atom is -0.388 e. The van der Waals surface area contributed by atoms with Crippen molar-refractivity contribution in [2.75, 3.05) is 72.7 Å². The quantitative estimate of drug-likeness (QED) is 0.149. The Kier molecular flexibility index (Phi) is 16.8. The zero-order valence-electron chi connectivity index (χ0n) is 17.5. The number of aliphatic hydroxyl groups excluding tert-OH is 1. The summed E-state index contributed by atoms with van der Waals surface area (Å²) >= 11 is 0. The van der Waals surface area contributed by atoms with E-state index in [9.17, 15) is 19.1 Å². The van der Waals surface area contributed by atoms with Crippen molar-refractivity contribution in [1.82, 2.24) is 5.09 Å². The van der Waals surface area contributed by atoms with Crippen LogP contribution in [-0.2, 0) is 32.6 Å². The van der Waals surface area contributed by atoms with Crippen LogP contribution in [0.25, 0.3) is 0 Å². The van der Waals surface area contributed by atoms with Gasteiger partial charge in [-0.25, -0.2) is 5.09 Å². The SMILES string of the molecule is CC(C)P(=O)(O)OCC(O)COCCOCCOCCOCCCNP(C)(=O)O. The average molecular weight is 465 g/mol. The van der Waals surface area contributed by atoms with Crippen LogP contribution in [0, 0.1) is 0 Å². The minimum absolute atomic E-state index is 0.0150. The van der Waals surface area contributed by atoms with E-state index in [1.165, 1.54) is 6.66 Å². The van der Waals surface area contributed by atoms with Gasteiger partial charge in [-0.15, -0.1) is 0 Å². The first kappa shape index (κ1) is 29.1. The maximum Gasteiger partial charge on any atom is 0.330 e. The molecule has 0 rings (SSSR count). The number of ether oxygens (including phenoxy) is 4. The molecule has 0 aromatic carbocycles. The van der Waals surface area contributed by atoms with Crippen LogP contribution >= 0.6 is 15.1 Å². The molecule has 3 unspecified atom stereocenters. The van der Waals surface area contributed by atoms with Crippen molar-refractivity contribution in [3.8, 4) is 0 Å². The highest BCUT2D eigenvalue weighted by molar-refractivity contribution is 7.55. The van der Waals surface area contributed by atoms with Gasteiger partial charge in [0.15, 0.2) is 0 Å². The van der Waals surface area contributed by atoms with E-state index >= 15 is 0 Å². The summed E-state index contributed by atoms with van der Waals surface area (Å²) in [4.78, 5) is 18.5. The molecule has 0 aromatic heterocycles. The zero-order chi connectivity index (χ0) is 22.2. The molecule has 0 spiro atoms. The molecule has 29 heavy (non-hydrogen) atoms. The summed E-state index contributed by atoms with van der Waals surface area (Å²) in [6.07, 6.45) is -0.345. The fourth-order valence-electron chi connectivity index (χ4n) is 1.73. The Morgan fingerprint density at radius 1 is 0.828 bits per heavy atom. The van der Waals surface area contributed by atoms with E-state index < -0.39 is 26.9 Å². The number of nitrogens with one attached hydrogen (secondary N) is 1. The summed E-state index contributed by atoms with van der Waals surface area (Å²) in [5.41, 5.74) is -0.524. The van der Waals surface area contributed by atoms with Crippen LogP contribution in [0.15, 0.2) is 0 Å². The summed E-state index contributed by atoms with van der Waals surface area (Å²) in [7, 11) is -6.84. The Morgan fingerprint density at radius 2 is 1.31 bits per heavy atom. The van der Waals surface area contributed by atoms with Gasteiger partial charge in [-0.05, 0) is 6.42 Å². The molecule has 0 saturated carbocycles. The fraction of sp³-hybridized carbons (Fsp3) is 1.00. The van der Waals surface area contributed by atoms with Crippen molar-refractivity contribution in [2.45, 2.75) is 32.0 Å². The number of aliphatic hydroxyl groups is 1. The van der Waals surface area contributed by atoms with Crippen molar-refractivity contribution in [2.24, 2.45) is 0 Å². The summed E-state index contributed by atoms with van der Waals surface area (Å²) < 4.78 is 48.5. The van der Waals surface area contributed by atoms with Crippen molar-refractivity contribution >= 4 is 15.1 Å². The van der Waals surface area contributed by atoms with Gasteiger partial charge in [0.2, 0.25) is 0 Å². The first-order chi connectivity index (χ1) is 13.5.